The summed E-state index contributed by atoms with van der Waals surface area (Å²) in [7, 11) is 0. The number of halogens is 2. The van der Waals surface area contributed by atoms with Crippen molar-refractivity contribution >= 4 is 39.9 Å². The number of pyridine rings is 1. The lowest BCUT2D eigenvalue weighted by Crippen LogP contribution is -2.54. The minimum Gasteiger partial charge on any atom is -0.364 e. The van der Waals surface area contributed by atoms with Gasteiger partial charge in [0.05, 0.1) is 11.1 Å². The molecule has 2 aromatic heterocycles. The van der Waals surface area contributed by atoms with Gasteiger partial charge in [0.15, 0.2) is 10.8 Å². The number of rotatable bonds is 2. The van der Waals surface area contributed by atoms with Crippen molar-refractivity contribution in [2.45, 2.75) is 39.8 Å². The Bertz CT molecular complexity index is 734. The highest BCUT2D eigenvalue weighted by atomic mass is 35.5. The van der Waals surface area contributed by atoms with Crippen LogP contribution in [0.15, 0.2) is 6.07 Å². The van der Waals surface area contributed by atoms with Gasteiger partial charge in [0.25, 0.3) is 0 Å². The van der Waals surface area contributed by atoms with E-state index in [4.69, 9.17) is 23.2 Å². The lowest BCUT2D eigenvalue weighted by Gasteiger charge is -2.43. The van der Waals surface area contributed by atoms with Gasteiger partial charge >= 0.3 is 0 Å². The van der Waals surface area contributed by atoms with Crippen molar-refractivity contribution < 1.29 is 0 Å². The van der Waals surface area contributed by atoms with Gasteiger partial charge in [-0.25, -0.2) is 15.0 Å². The van der Waals surface area contributed by atoms with Gasteiger partial charge in [-0.05, 0) is 33.8 Å². The van der Waals surface area contributed by atoms with Gasteiger partial charge in [0.1, 0.15) is 11.0 Å². The highest BCUT2D eigenvalue weighted by Gasteiger charge is 2.27. The molecule has 0 N–H and O–H groups in total. The molecule has 23 heavy (non-hydrogen) atoms. The number of anilines is 1. The van der Waals surface area contributed by atoms with Crippen LogP contribution in [0.1, 0.15) is 26.6 Å². The largest absolute Gasteiger partial charge is 0.364 e. The van der Waals surface area contributed by atoms with E-state index in [0.29, 0.717) is 33.9 Å². The first-order chi connectivity index (χ1) is 10.9. The Morgan fingerprint density at radius 3 is 2.52 bits per heavy atom. The number of hydrogen-bond acceptors (Lipinski definition) is 5. The first-order valence-electron chi connectivity index (χ1n) is 7.88. The SMILES string of the molecule is Cc1nc(Cl)c2cc(N3CCN(C(C)C)C[C@H]3C)c(Cl)nc2n1. The summed E-state index contributed by atoms with van der Waals surface area (Å²) < 4.78 is 0. The zero-order valence-electron chi connectivity index (χ0n) is 13.8. The van der Waals surface area contributed by atoms with E-state index in [2.05, 4.69) is 45.5 Å². The molecule has 0 radical (unpaired) electrons. The molecular weight excluding hydrogens is 333 g/mol. The third-order valence-electron chi connectivity index (χ3n) is 4.39. The second-order valence-electron chi connectivity index (χ2n) is 6.36. The van der Waals surface area contributed by atoms with Crippen LogP contribution in [-0.4, -0.2) is 51.6 Å². The van der Waals surface area contributed by atoms with Crippen molar-refractivity contribution in [3.63, 3.8) is 0 Å². The van der Waals surface area contributed by atoms with E-state index in [0.717, 1.165) is 30.7 Å². The fourth-order valence-corrected chi connectivity index (χ4v) is 3.61. The van der Waals surface area contributed by atoms with Crippen molar-refractivity contribution in [3.05, 3.63) is 22.2 Å². The summed E-state index contributed by atoms with van der Waals surface area (Å²) in [5.41, 5.74) is 1.45. The highest BCUT2D eigenvalue weighted by molar-refractivity contribution is 6.35. The van der Waals surface area contributed by atoms with E-state index in [1.807, 2.05) is 6.07 Å². The fourth-order valence-electron chi connectivity index (χ4n) is 3.10. The van der Waals surface area contributed by atoms with Crippen LogP contribution in [0, 0.1) is 6.92 Å². The standard InChI is InChI=1S/C16H21Cl2N5/c1-9(2)22-5-6-23(10(3)8-22)13-7-12-14(17)19-11(4)20-16(12)21-15(13)18/h7,9-10H,5-6,8H2,1-4H3/t10-/m1/s1. The van der Waals surface area contributed by atoms with Crippen LogP contribution in [0.5, 0.6) is 0 Å². The third-order valence-corrected chi connectivity index (χ3v) is 4.95. The molecular formula is C16H21Cl2N5. The lowest BCUT2D eigenvalue weighted by atomic mass is 10.1. The molecule has 0 aromatic carbocycles. The van der Waals surface area contributed by atoms with Gasteiger partial charge in [0.2, 0.25) is 0 Å². The van der Waals surface area contributed by atoms with Gasteiger partial charge < -0.3 is 4.90 Å². The number of fused-ring (bicyclic) bond motifs is 1. The summed E-state index contributed by atoms with van der Waals surface area (Å²) in [5, 5.41) is 1.64. The Hall–Kier alpha value is -1.17. The van der Waals surface area contributed by atoms with Gasteiger partial charge in [-0.1, -0.05) is 23.2 Å². The maximum absolute atomic E-state index is 6.44. The van der Waals surface area contributed by atoms with Crippen LogP contribution >= 0.6 is 23.2 Å². The Labute approximate surface area is 146 Å². The number of nitrogens with zero attached hydrogens (tertiary/aromatic N) is 5. The minimum atomic E-state index is 0.355. The fraction of sp³-hybridized carbons (Fsp3) is 0.562. The average Bonchev–Trinajstić information content (AvgIpc) is 2.46. The number of piperazine rings is 1. The topological polar surface area (TPSA) is 45.2 Å². The molecule has 1 fully saturated rings. The average molecular weight is 354 g/mol. The van der Waals surface area contributed by atoms with E-state index >= 15 is 0 Å². The molecule has 0 bridgehead atoms. The quantitative estimate of drug-likeness (QED) is 0.610. The van der Waals surface area contributed by atoms with E-state index < -0.39 is 0 Å². The maximum atomic E-state index is 6.44. The summed E-state index contributed by atoms with van der Waals surface area (Å²) in [5.74, 6) is 0.595. The van der Waals surface area contributed by atoms with Crippen LogP contribution in [0.4, 0.5) is 5.69 Å². The van der Waals surface area contributed by atoms with Crippen molar-refractivity contribution in [2.75, 3.05) is 24.5 Å². The van der Waals surface area contributed by atoms with Crippen LogP contribution in [0.2, 0.25) is 10.3 Å². The van der Waals surface area contributed by atoms with E-state index in [-0.39, 0.29) is 0 Å². The van der Waals surface area contributed by atoms with Gasteiger partial charge in [-0.3, -0.25) is 4.90 Å². The summed E-state index contributed by atoms with van der Waals surface area (Å²) in [6.07, 6.45) is 0. The van der Waals surface area contributed by atoms with Crippen molar-refractivity contribution in [1.82, 2.24) is 19.9 Å². The summed E-state index contributed by atoms with van der Waals surface area (Å²) in [6.45, 7) is 11.4. The molecule has 1 atom stereocenters. The molecule has 0 spiro atoms. The first-order valence-corrected chi connectivity index (χ1v) is 8.63. The number of hydrogen-bond donors (Lipinski definition) is 0. The Balaban J connectivity index is 1.98. The summed E-state index contributed by atoms with van der Waals surface area (Å²) >= 11 is 12.7. The highest BCUT2D eigenvalue weighted by Crippen LogP contribution is 2.32. The van der Waals surface area contributed by atoms with Crippen LogP contribution in [0.3, 0.4) is 0 Å². The maximum Gasteiger partial charge on any atom is 0.166 e. The van der Waals surface area contributed by atoms with Crippen LogP contribution < -0.4 is 4.90 Å². The Kier molecular flexibility index (Phi) is 4.63. The van der Waals surface area contributed by atoms with Crippen molar-refractivity contribution in [2.24, 2.45) is 0 Å². The number of aromatic nitrogens is 3. The Morgan fingerprint density at radius 2 is 1.87 bits per heavy atom. The molecule has 2 aromatic rings. The van der Waals surface area contributed by atoms with Crippen molar-refractivity contribution in [1.29, 1.82) is 0 Å². The molecule has 124 valence electrons. The zero-order chi connectivity index (χ0) is 16.7. The molecule has 7 heteroatoms. The second-order valence-corrected chi connectivity index (χ2v) is 7.08. The number of aryl methyl sites for hydroxylation is 1. The lowest BCUT2D eigenvalue weighted by molar-refractivity contribution is 0.185. The summed E-state index contributed by atoms with van der Waals surface area (Å²) in [6, 6.07) is 2.87. The first kappa shape index (κ1) is 16.7. The molecule has 1 aliphatic heterocycles. The minimum absolute atomic E-state index is 0.355. The van der Waals surface area contributed by atoms with Crippen LogP contribution in [0.25, 0.3) is 11.0 Å². The molecule has 0 unspecified atom stereocenters. The molecule has 0 aliphatic carbocycles. The molecule has 0 saturated carbocycles. The second kappa shape index (κ2) is 6.38. The van der Waals surface area contributed by atoms with Gasteiger partial charge in [-0.2, -0.15) is 0 Å². The normalized spacial score (nSPS) is 19.8. The molecule has 5 nitrogen and oxygen atoms in total. The van der Waals surface area contributed by atoms with E-state index in [9.17, 15) is 0 Å². The summed E-state index contributed by atoms with van der Waals surface area (Å²) in [4.78, 5) is 17.7. The predicted molar refractivity (Wildman–Crippen MR) is 95.6 cm³/mol. The molecule has 1 saturated heterocycles. The van der Waals surface area contributed by atoms with Crippen molar-refractivity contribution in [3.8, 4) is 0 Å². The van der Waals surface area contributed by atoms with Gasteiger partial charge in [-0.15, -0.1) is 0 Å². The van der Waals surface area contributed by atoms with Gasteiger partial charge in [0, 0.05) is 31.7 Å². The monoisotopic (exact) mass is 353 g/mol. The molecule has 1 aliphatic rings. The smallest absolute Gasteiger partial charge is 0.166 e. The molecule has 3 heterocycles. The molecule has 3 rings (SSSR count). The third kappa shape index (κ3) is 3.23. The molecule has 0 amide bonds. The van der Waals surface area contributed by atoms with Crippen LogP contribution in [-0.2, 0) is 0 Å². The predicted octanol–water partition coefficient (Wildman–Crippen LogP) is 3.56. The van der Waals surface area contributed by atoms with E-state index in [1.165, 1.54) is 0 Å². The Morgan fingerprint density at radius 1 is 1.13 bits per heavy atom. The van der Waals surface area contributed by atoms with E-state index in [1.54, 1.807) is 6.92 Å². The zero-order valence-corrected chi connectivity index (χ0v) is 15.4.